The zero-order valence-corrected chi connectivity index (χ0v) is 11.0. The molecule has 5 nitrogen and oxygen atoms in total. The van der Waals surface area contributed by atoms with Crippen LogP contribution in [0.25, 0.3) is 5.69 Å². The molecule has 1 heterocycles. The first kappa shape index (κ1) is 12.6. The Morgan fingerprint density at radius 3 is 2.83 bits per heavy atom. The molecule has 1 amide bonds. The Hall–Kier alpha value is -1.82. The summed E-state index contributed by atoms with van der Waals surface area (Å²) in [4.78, 5) is 11.1. The van der Waals surface area contributed by atoms with Gasteiger partial charge in [-0.2, -0.15) is 0 Å². The van der Waals surface area contributed by atoms with Crippen molar-refractivity contribution in [3.05, 3.63) is 36.2 Å². The molecule has 0 aliphatic carbocycles. The Labute approximate surface area is 109 Å². The molecule has 0 bridgehead atoms. The van der Waals surface area contributed by atoms with Crippen LogP contribution in [0, 0.1) is 6.92 Å². The van der Waals surface area contributed by atoms with E-state index in [4.69, 9.17) is 5.73 Å². The van der Waals surface area contributed by atoms with E-state index in [-0.39, 0.29) is 11.2 Å². The molecule has 1 atom stereocenters. The second-order valence-electron chi connectivity index (χ2n) is 3.93. The van der Waals surface area contributed by atoms with Crippen molar-refractivity contribution >= 4 is 17.7 Å². The molecule has 0 unspecified atom stereocenters. The lowest BCUT2D eigenvalue weighted by atomic mass is 10.2. The lowest BCUT2D eigenvalue weighted by Crippen LogP contribution is -2.23. The maximum absolute atomic E-state index is 11.1. The number of rotatable bonds is 4. The van der Waals surface area contributed by atoms with Gasteiger partial charge in [0.1, 0.15) is 6.33 Å². The van der Waals surface area contributed by atoms with Crippen LogP contribution in [0.1, 0.15) is 12.5 Å². The lowest BCUT2D eigenvalue weighted by Gasteiger charge is -2.10. The van der Waals surface area contributed by atoms with Crippen LogP contribution in [0.3, 0.4) is 0 Å². The number of para-hydroxylation sites is 1. The zero-order chi connectivity index (χ0) is 13.1. The largest absolute Gasteiger partial charge is 0.369 e. The number of thioether (sulfide) groups is 1. The fourth-order valence-corrected chi connectivity index (χ4v) is 2.31. The number of primary amides is 1. The molecule has 0 fully saturated rings. The summed E-state index contributed by atoms with van der Waals surface area (Å²) in [5, 5.41) is 8.24. The minimum absolute atomic E-state index is 0.336. The van der Waals surface area contributed by atoms with Crippen LogP contribution in [-0.4, -0.2) is 25.9 Å². The summed E-state index contributed by atoms with van der Waals surface area (Å²) < 4.78 is 1.86. The first-order chi connectivity index (χ1) is 8.59. The van der Waals surface area contributed by atoms with Gasteiger partial charge in [0, 0.05) is 0 Å². The van der Waals surface area contributed by atoms with Gasteiger partial charge < -0.3 is 5.73 Å². The molecular formula is C12H14N4OS. The second kappa shape index (κ2) is 5.22. The van der Waals surface area contributed by atoms with Crippen molar-refractivity contribution in [1.82, 2.24) is 14.8 Å². The molecule has 0 spiro atoms. The smallest absolute Gasteiger partial charge is 0.230 e. The Morgan fingerprint density at radius 1 is 1.44 bits per heavy atom. The molecule has 94 valence electrons. The summed E-state index contributed by atoms with van der Waals surface area (Å²) in [5.41, 5.74) is 7.37. The fraction of sp³-hybridized carbons (Fsp3) is 0.250. The molecule has 6 heteroatoms. The van der Waals surface area contributed by atoms with Crippen molar-refractivity contribution in [1.29, 1.82) is 0 Å². The van der Waals surface area contributed by atoms with Crippen molar-refractivity contribution in [2.45, 2.75) is 24.3 Å². The maximum Gasteiger partial charge on any atom is 0.230 e. The van der Waals surface area contributed by atoms with E-state index in [1.165, 1.54) is 11.8 Å². The van der Waals surface area contributed by atoms with E-state index < -0.39 is 0 Å². The van der Waals surface area contributed by atoms with E-state index in [1.807, 2.05) is 35.8 Å². The molecule has 0 aliphatic heterocycles. The van der Waals surface area contributed by atoms with E-state index in [0.29, 0.717) is 5.16 Å². The highest BCUT2D eigenvalue weighted by Gasteiger charge is 2.16. The number of aryl methyl sites for hydroxylation is 1. The number of hydrogen-bond acceptors (Lipinski definition) is 4. The Morgan fingerprint density at radius 2 is 2.17 bits per heavy atom. The Bertz CT molecular complexity index is 567. The maximum atomic E-state index is 11.1. The monoisotopic (exact) mass is 262 g/mol. The van der Waals surface area contributed by atoms with Gasteiger partial charge in [0.2, 0.25) is 5.91 Å². The van der Waals surface area contributed by atoms with Crippen LogP contribution >= 0.6 is 11.8 Å². The van der Waals surface area contributed by atoms with E-state index in [9.17, 15) is 4.79 Å². The Balaban J connectivity index is 2.34. The van der Waals surface area contributed by atoms with Crippen molar-refractivity contribution in [3.8, 4) is 5.69 Å². The molecular weight excluding hydrogens is 248 g/mol. The number of carbonyl (C=O) groups is 1. The molecule has 18 heavy (non-hydrogen) atoms. The van der Waals surface area contributed by atoms with Crippen molar-refractivity contribution in [2.75, 3.05) is 0 Å². The topological polar surface area (TPSA) is 73.8 Å². The minimum Gasteiger partial charge on any atom is -0.369 e. The number of aromatic nitrogens is 3. The number of hydrogen-bond donors (Lipinski definition) is 1. The fourth-order valence-electron chi connectivity index (χ4n) is 1.52. The highest BCUT2D eigenvalue weighted by atomic mass is 32.2. The van der Waals surface area contributed by atoms with Gasteiger partial charge in [0.05, 0.1) is 10.9 Å². The van der Waals surface area contributed by atoms with Crippen LogP contribution < -0.4 is 5.73 Å². The summed E-state index contributed by atoms with van der Waals surface area (Å²) in [6.45, 7) is 3.77. The van der Waals surface area contributed by atoms with Gasteiger partial charge in [-0.1, -0.05) is 30.0 Å². The number of carbonyl (C=O) groups excluding carboxylic acids is 1. The van der Waals surface area contributed by atoms with Gasteiger partial charge in [0.25, 0.3) is 0 Å². The Kier molecular flexibility index (Phi) is 3.66. The average molecular weight is 262 g/mol. The van der Waals surface area contributed by atoms with Crippen LogP contribution in [-0.2, 0) is 4.79 Å². The molecule has 2 N–H and O–H groups in total. The zero-order valence-electron chi connectivity index (χ0n) is 10.2. The molecule has 0 saturated carbocycles. The van der Waals surface area contributed by atoms with Crippen molar-refractivity contribution < 1.29 is 4.79 Å². The van der Waals surface area contributed by atoms with Gasteiger partial charge in [-0.3, -0.25) is 9.36 Å². The van der Waals surface area contributed by atoms with Crippen LogP contribution in [0.15, 0.2) is 35.7 Å². The van der Waals surface area contributed by atoms with Gasteiger partial charge in [-0.25, -0.2) is 0 Å². The average Bonchev–Trinajstić information content (AvgIpc) is 2.77. The van der Waals surface area contributed by atoms with Gasteiger partial charge >= 0.3 is 0 Å². The van der Waals surface area contributed by atoms with Crippen molar-refractivity contribution in [2.24, 2.45) is 5.73 Å². The molecule has 2 aromatic rings. The van der Waals surface area contributed by atoms with E-state index in [0.717, 1.165) is 11.3 Å². The summed E-state index contributed by atoms with van der Waals surface area (Å²) >= 11 is 1.30. The number of benzene rings is 1. The first-order valence-electron chi connectivity index (χ1n) is 5.51. The third-order valence-electron chi connectivity index (χ3n) is 2.57. The summed E-state index contributed by atoms with van der Waals surface area (Å²) in [6, 6.07) is 7.93. The quantitative estimate of drug-likeness (QED) is 0.848. The summed E-state index contributed by atoms with van der Waals surface area (Å²) in [6.07, 6.45) is 1.64. The number of amides is 1. The van der Waals surface area contributed by atoms with Gasteiger partial charge in [-0.05, 0) is 25.5 Å². The standard InChI is InChI=1S/C12H14N4OS/c1-8-5-3-4-6-10(8)16-7-14-15-12(16)18-9(2)11(13)17/h3-7,9H,1-2H3,(H2,13,17)/t9-/m0/s1. The normalized spacial score (nSPS) is 12.3. The van der Waals surface area contributed by atoms with Crippen molar-refractivity contribution in [3.63, 3.8) is 0 Å². The third-order valence-corrected chi connectivity index (χ3v) is 3.65. The highest BCUT2D eigenvalue weighted by Crippen LogP contribution is 2.24. The second-order valence-corrected chi connectivity index (χ2v) is 5.24. The van der Waals surface area contributed by atoms with E-state index >= 15 is 0 Å². The predicted octanol–water partition coefficient (Wildman–Crippen LogP) is 1.54. The minimum atomic E-state index is -0.362. The van der Waals surface area contributed by atoms with E-state index in [1.54, 1.807) is 13.3 Å². The highest BCUT2D eigenvalue weighted by molar-refractivity contribution is 8.00. The van der Waals surface area contributed by atoms with Gasteiger partial charge in [-0.15, -0.1) is 10.2 Å². The SMILES string of the molecule is Cc1ccccc1-n1cnnc1S[C@@H](C)C(N)=O. The molecule has 1 aromatic carbocycles. The summed E-state index contributed by atoms with van der Waals surface area (Å²) in [7, 11) is 0. The molecule has 0 aliphatic rings. The van der Waals surface area contributed by atoms with Crippen LogP contribution in [0.5, 0.6) is 0 Å². The third kappa shape index (κ3) is 2.53. The summed E-state index contributed by atoms with van der Waals surface area (Å²) in [5.74, 6) is -0.362. The molecule has 2 rings (SSSR count). The molecule has 0 radical (unpaired) electrons. The number of nitrogens with two attached hydrogens (primary N) is 1. The lowest BCUT2D eigenvalue weighted by molar-refractivity contribution is -0.117. The molecule has 0 saturated heterocycles. The first-order valence-corrected chi connectivity index (χ1v) is 6.39. The predicted molar refractivity (Wildman–Crippen MR) is 70.6 cm³/mol. The van der Waals surface area contributed by atoms with E-state index in [2.05, 4.69) is 10.2 Å². The van der Waals surface area contributed by atoms with Crippen LogP contribution in [0.2, 0.25) is 0 Å². The number of nitrogens with zero attached hydrogens (tertiary/aromatic N) is 3. The van der Waals surface area contributed by atoms with Crippen LogP contribution in [0.4, 0.5) is 0 Å². The molecule has 1 aromatic heterocycles. The van der Waals surface area contributed by atoms with Gasteiger partial charge in [0.15, 0.2) is 5.16 Å².